The lowest BCUT2D eigenvalue weighted by Crippen LogP contribution is -2.16. The zero-order valence-corrected chi connectivity index (χ0v) is 19.7. The van der Waals surface area contributed by atoms with Crippen LogP contribution in [0.5, 0.6) is 11.5 Å². The van der Waals surface area contributed by atoms with E-state index in [-0.39, 0.29) is 5.92 Å². The first-order valence-electron chi connectivity index (χ1n) is 12.1. The number of carbonyl (C=O) groups is 1. The third kappa shape index (κ3) is 5.68. The lowest BCUT2D eigenvalue weighted by molar-refractivity contribution is -0.141. The Morgan fingerprint density at radius 1 is 1.00 bits per heavy atom. The van der Waals surface area contributed by atoms with E-state index in [2.05, 4.69) is 30.3 Å². The number of ether oxygens (including phenoxy) is 2. The van der Waals surface area contributed by atoms with Crippen LogP contribution in [0.4, 0.5) is 0 Å². The number of hydrogen-bond acceptors (Lipinski definition) is 3. The van der Waals surface area contributed by atoms with E-state index in [0.717, 1.165) is 45.6 Å². The van der Waals surface area contributed by atoms with Gasteiger partial charge in [-0.3, -0.25) is 4.79 Å². The zero-order valence-electron chi connectivity index (χ0n) is 19.7. The fraction of sp³-hybridized carbons (Fsp3) is 0.414. The maximum atomic E-state index is 11.6. The van der Waals surface area contributed by atoms with E-state index in [0.29, 0.717) is 18.8 Å². The van der Waals surface area contributed by atoms with E-state index in [1.165, 1.54) is 32.1 Å². The van der Waals surface area contributed by atoms with Crippen molar-refractivity contribution < 1.29 is 19.4 Å². The second kappa shape index (κ2) is 10.7. The second-order valence-corrected chi connectivity index (χ2v) is 9.22. The molecular formula is C29H34O4. The van der Waals surface area contributed by atoms with Crippen LogP contribution in [0.1, 0.15) is 51.0 Å². The summed E-state index contributed by atoms with van der Waals surface area (Å²) in [4.78, 5) is 11.6. The summed E-state index contributed by atoms with van der Waals surface area (Å²) in [5.41, 5.74) is 3.14. The normalized spacial score (nSPS) is 15.3. The molecule has 1 saturated carbocycles. The molecule has 1 aliphatic rings. The molecule has 4 nitrogen and oxygen atoms in total. The van der Waals surface area contributed by atoms with Crippen molar-refractivity contribution in [3.8, 4) is 22.6 Å². The number of hydrogen-bond donors (Lipinski definition) is 1. The van der Waals surface area contributed by atoms with Crippen molar-refractivity contribution in [2.45, 2.75) is 51.9 Å². The standard InChI is InChI=1S/C29H34O4/c1-3-22(29(30)31)15-21-9-14-28(33-19-20-7-5-4-6-8-20)27(16-21)25-11-10-24-18-26(32-2)13-12-23(24)17-25/h9-14,16-18,20,22H,3-8,15,19H2,1-2H3,(H,30,31). The second-order valence-electron chi connectivity index (χ2n) is 9.22. The fourth-order valence-corrected chi connectivity index (χ4v) is 4.83. The number of aliphatic carboxylic acids is 1. The van der Waals surface area contributed by atoms with Crippen LogP contribution in [0, 0.1) is 11.8 Å². The molecule has 1 atom stereocenters. The number of fused-ring (bicyclic) bond motifs is 1. The van der Waals surface area contributed by atoms with E-state index >= 15 is 0 Å². The summed E-state index contributed by atoms with van der Waals surface area (Å²) in [6, 6.07) is 18.7. The molecule has 174 valence electrons. The SMILES string of the molecule is CCC(Cc1ccc(OCC2CCCCC2)c(-c2ccc3cc(OC)ccc3c2)c1)C(=O)O. The highest BCUT2D eigenvalue weighted by Gasteiger charge is 2.19. The predicted molar refractivity (Wildman–Crippen MR) is 133 cm³/mol. The van der Waals surface area contributed by atoms with Crippen LogP contribution in [0.2, 0.25) is 0 Å². The Bertz CT molecular complexity index is 1100. The third-order valence-electron chi connectivity index (χ3n) is 6.93. The van der Waals surface area contributed by atoms with Crippen LogP contribution in [0.15, 0.2) is 54.6 Å². The Kier molecular flexibility index (Phi) is 7.54. The number of carboxylic acid groups (broad SMARTS) is 1. The molecule has 4 rings (SSSR count). The lowest BCUT2D eigenvalue weighted by Gasteiger charge is -2.23. The van der Waals surface area contributed by atoms with E-state index in [1.807, 2.05) is 31.2 Å². The summed E-state index contributed by atoms with van der Waals surface area (Å²) in [5, 5.41) is 11.8. The van der Waals surface area contributed by atoms with Gasteiger partial charge < -0.3 is 14.6 Å². The summed E-state index contributed by atoms with van der Waals surface area (Å²) in [5.74, 6) is 1.22. The van der Waals surface area contributed by atoms with Crippen LogP contribution >= 0.6 is 0 Å². The van der Waals surface area contributed by atoms with Gasteiger partial charge in [-0.25, -0.2) is 0 Å². The van der Waals surface area contributed by atoms with Gasteiger partial charge >= 0.3 is 5.97 Å². The number of carboxylic acids is 1. The molecule has 0 radical (unpaired) electrons. The van der Waals surface area contributed by atoms with Gasteiger partial charge in [-0.05, 0) is 83.8 Å². The van der Waals surface area contributed by atoms with Gasteiger partial charge in [-0.2, -0.15) is 0 Å². The third-order valence-corrected chi connectivity index (χ3v) is 6.93. The molecule has 0 heterocycles. The van der Waals surface area contributed by atoms with E-state index < -0.39 is 5.97 Å². The maximum absolute atomic E-state index is 11.6. The average molecular weight is 447 g/mol. The van der Waals surface area contributed by atoms with Gasteiger partial charge in [0.2, 0.25) is 0 Å². The summed E-state index contributed by atoms with van der Waals surface area (Å²) in [6.07, 6.45) is 7.53. The van der Waals surface area contributed by atoms with Crippen LogP contribution in [-0.4, -0.2) is 24.8 Å². The summed E-state index contributed by atoms with van der Waals surface area (Å²) >= 11 is 0. The number of rotatable bonds is 9. The van der Waals surface area contributed by atoms with Crippen LogP contribution in [0.25, 0.3) is 21.9 Å². The van der Waals surface area contributed by atoms with Crippen molar-refractivity contribution in [3.05, 3.63) is 60.2 Å². The van der Waals surface area contributed by atoms with Gasteiger partial charge in [0.1, 0.15) is 11.5 Å². The van der Waals surface area contributed by atoms with Crippen molar-refractivity contribution in [2.75, 3.05) is 13.7 Å². The minimum absolute atomic E-state index is 0.379. The molecule has 1 fully saturated rings. The van der Waals surface area contributed by atoms with Gasteiger partial charge in [0, 0.05) is 5.56 Å². The highest BCUT2D eigenvalue weighted by Crippen LogP contribution is 2.35. The molecule has 0 spiro atoms. The Balaban J connectivity index is 1.67. The zero-order chi connectivity index (χ0) is 23.2. The summed E-state index contributed by atoms with van der Waals surface area (Å²) < 4.78 is 11.7. The molecule has 1 aliphatic carbocycles. The lowest BCUT2D eigenvalue weighted by atomic mass is 9.90. The Morgan fingerprint density at radius 2 is 1.76 bits per heavy atom. The van der Waals surface area contributed by atoms with Gasteiger partial charge in [0.15, 0.2) is 0 Å². The largest absolute Gasteiger partial charge is 0.497 e. The first-order chi connectivity index (χ1) is 16.1. The van der Waals surface area contributed by atoms with Gasteiger partial charge in [0.25, 0.3) is 0 Å². The molecule has 0 amide bonds. The highest BCUT2D eigenvalue weighted by molar-refractivity contribution is 5.89. The van der Waals surface area contributed by atoms with Crippen LogP contribution in [-0.2, 0) is 11.2 Å². The van der Waals surface area contributed by atoms with Crippen molar-refractivity contribution in [1.82, 2.24) is 0 Å². The first kappa shape index (κ1) is 23.2. The number of benzene rings is 3. The smallest absolute Gasteiger partial charge is 0.306 e. The molecule has 1 unspecified atom stereocenters. The molecule has 4 heteroatoms. The molecular weight excluding hydrogens is 412 g/mol. The van der Waals surface area contributed by atoms with Crippen LogP contribution in [0.3, 0.4) is 0 Å². The quantitative estimate of drug-likeness (QED) is 0.380. The average Bonchev–Trinajstić information content (AvgIpc) is 2.86. The van der Waals surface area contributed by atoms with Gasteiger partial charge in [0.05, 0.1) is 19.6 Å². The highest BCUT2D eigenvalue weighted by atomic mass is 16.5. The molecule has 0 aliphatic heterocycles. The van der Waals surface area contributed by atoms with Crippen molar-refractivity contribution >= 4 is 16.7 Å². The predicted octanol–water partition coefficient (Wildman–Crippen LogP) is 7.13. The minimum atomic E-state index is -0.740. The summed E-state index contributed by atoms with van der Waals surface area (Å²) in [7, 11) is 1.68. The number of methoxy groups -OCH3 is 1. The molecule has 3 aromatic carbocycles. The molecule has 0 aromatic heterocycles. The van der Waals surface area contributed by atoms with E-state index in [1.54, 1.807) is 7.11 Å². The monoisotopic (exact) mass is 446 g/mol. The maximum Gasteiger partial charge on any atom is 0.306 e. The van der Waals surface area contributed by atoms with Crippen LogP contribution < -0.4 is 9.47 Å². The summed E-state index contributed by atoms with van der Waals surface area (Å²) in [6.45, 7) is 2.67. The molecule has 0 saturated heterocycles. The molecule has 1 N–H and O–H groups in total. The minimum Gasteiger partial charge on any atom is -0.497 e. The van der Waals surface area contributed by atoms with Gasteiger partial charge in [-0.1, -0.05) is 50.5 Å². The fourth-order valence-electron chi connectivity index (χ4n) is 4.83. The van der Waals surface area contributed by atoms with Crippen molar-refractivity contribution in [2.24, 2.45) is 11.8 Å². The Labute approximate surface area is 196 Å². The molecule has 33 heavy (non-hydrogen) atoms. The molecule has 0 bridgehead atoms. The topological polar surface area (TPSA) is 55.8 Å². The Hall–Kier alpha value is -3.01. The first-order valence-corrected chi connectivity index (χ1v) is 12.1. The van der Waals surface area contributed by atoms with E-state index in [9.17, 15) is 9.90 Å². The molecule has 3 aromatic rings. The van der Waals surface area contributed by atoms with Crippen molar-refractivity contribution in [1.29, 1.82) is 0 Å². The van der Waals surface area contributed by atoms with Crippen molar-refractivity contribution in [3.63, 3.8) is 0 Å². The van der Waals surface area contributed by atoms with E-state index in [4.69, 9.17) is 9.47 Å². The Morgan fingerprint density at radius 3 is 2.48 bits per heavy atom. The van der Waals surface area contributed by atoms with Gasteiger partial charge in [-0.15, -0.1) is 0 Å².